The zero-order chi connectivity index (χ0) is 10.8. The predicted molar refractivity (Wildman–Crippen MR) is 65.0 cm³/mol. The second-order valence-electron chi connectivity index (χ2n) is 3.66. The van der Waals surface area contributed by atoms with E-state index in [1.165, 1.54) is 5.56 Å². The molecule has 0 aliphatic carbocycles. The van der Waals surface area contributed by atoms with E-state index in [1.807, 2.05) is 36.7 Å². The molecule has 0 aliphatic heterocycles. The molecule has 76 valence electrons. The Labute approximate surface area is 93.6 Å². The first-order chi connectivity index (χ1) is 7.93. The lowest BCUT2D eigenvalue weighted by Crippen LogP contribution is -1.83. The van der Waals surface area contributed by atoms with E-state index in [2.05, 4.69) is 28.2 Å². The first kappa shape index (κ1) is 9.04. The zero-order valence-corrected chi connectivity index (χ0v) is 8.67. The van der Waals surface area contributed by atoms with Crippen LogP contribution in [0.2, 0.25) is 0 Å². The van der Waals surface area contributed by atoms with E-state index in [4.69, 9.17) is 0 Å². The van der Waals surface area contributed by atoms with Crippen molar-refractivity contribution in [3.63, 3.8) is 0 Å². The van der Waals surface area contributed by atoms with E-state index in [-0.39, 0.29) is 0 Å². The van der Waals surface area contributed by atoms with Gasteiger partial charge in [0.25, 0.3) is 0 Å². The summed E-state index contributed by atoms with van der Waals surface area (Å²) in [7, 11) is 0. The summed E-state index contributed by atoms with van der Waals surface area (Å²) in [5.74, 6) is 0. The van der Waals surface area contributed by atoms with Crippen LogP contribution in [0.1, 0.15) is 0 Å². The van der Waals surface area contributed by atoms with Crippen molar-refractivity contribution in [1.82, 2.24) is 9.97 Å². The lowest BCUT2D eigenvalue weighted by atomic mass is 10.1. The van der Waals surface area contributed by atoms with Crippen LogP contribution in [-0.2, 0) is 0 Å². The molecular weight excluding hydrogens is 196 g/mol. The van der Waals surface area contributed by atoms with Gasteiger partial charge in [-0.1, -0.05) is 30.3 Å². The minimum absolute atomic E-state index is 0.981. The van der Waals surface area contributed by atoms with Crippen molar-refractivity contribution >= 4 is 10.9 Å². The molecule has 0 fully saturated rings. The van der Waals surface area contributed by atoms with Gasteiger partial charge in [0, 0.05) is 29.5 Å². The van der Waals surface area contributed by atoms with E-state index in [9.17, 15) is 0 Å². The third-order valence-electron chi connectivity index (χ3n) is 2.59. The highest BCUT2D eigenvalue weighted by atomic mass is 14.7. The van der Waals surface area contributed by atoms with Crippen molar-refractivity contribution in [2.24, 2.45) is 0 Å². The van der Waals surface area contributed by atoms with Crippen LogP contribution in [-0.4, -0.2) is 9.97 Å². The molecule has 0 radical (unpaired) electrons. The monoisotopic (exact) mass is 206 g/mol. The van der Waals surface area contributed by atoms with E-state index in [0.29, 0.717) is 0 Å². The van der Waals surface area contributed by atoms with Gasteiger partial charge in [0.2, 0.25) is 0 Å². The van der Waals surface area contributed by atoms with Gasteiger partial charge in [0.15, 0.2) is 0 Å². The van der Waals surface area contributed by atoms with Crippen LogP contribution in [0, 0.1) is 0 Å². The Morgan fingerprint density at radius 3 is 2.56 bits per heavy atom. The SMILES string of the molecule is c1ccc(-c2cnc3ccncc3c2)cc1. The van der Waals surface area contributed by atoms with Crippen LogP contribution in [0.5, 0.6) is 0 Å². The molecule has 2 heteroatoms. The van der Waals surface area contributed by atoms with Crippen molar-refractivity contribution in [3.05, 3.63) is 61.1 Å². The second kappa shape index (κ2) is 3.74. The fourth-order valence-corrected chi connectivity index (χ4v) is 1.76. The Bertz CT molecular complexity index is 618. The van der Waals surface area contributed by atoms with Crippen molar-refractivity contribution < 1.29 is 0 Å². The Morgan fingerprint density at radius 2 is 1.69 bits per heavy atom. The van der Waals surface area contributed by atoms with Gasteiger partial charge >= 0.3 is 0 Å². The standard InChI is InChI=1S/C14H10N2/c1-2-4-11(5-3-1)12-8-13-9-15-7-6-14(13)16-10-12/h1-10H. The molecule has 16 heavy (non-hydrogen) atoms. The number of pyridine rings is 2. The maximum Gasteiger partial charge on any atom is 0.0733 e. The number of hydrogen-bond acceptors (Lipinski definition) is 2. The number of fused-ring (bicyclic) bond motifs is 1. The molecule has 0 spiro atoms. The molecule has 0 bridgehead atoms. The Kier molecular flexibility index (Phi) is 2.11. The lowest BCUT2D eigenvalue weighted by Gasteiger charge is -2.02. The summed E-state index contributed by atoms with van der Waals surface area (Å²) < 4.78 is 0. The average Bonchev–Trinajstić information content (AvgIpc) is 2.39. The zero-order valence-electron chi connectivity index (χ0n) is 8.67. The third-order valence-corrected chi connectivity index (χ3v) is 2.59. The molecule has 0 atom stereocenters. The summed E-state index contributed by atoms with van der Waals surface area (Å²) in [6.45, 7) is 0. The Hall–Kier alpha value is -2.22. The van der Waals surface area contributed by atoms with Crippen LogP contribution in [0.3, 0.4) is 0 Å². The molecule has 0 amide bonds. The molecule has 0 aliphatic rings. The van der Waals surface area contributed by atoms with Gasteiger partial charge in [-0.25, -0.2) is 0 Å². The van der Waals surface area contributed by atoms with E-state index in [0.717, 1.165) is 16.5 Å². The van der Waals surface area contributed by atoms with Gasteiger partial charge in [-0.15, -0.1) is 0 Å². The molecule has 0 unspecified atom stereocenters. The minimum Gasteiger partial charge on any atom is -0.264 e. The molecule has 2 aromatic heterocycles. The number of nitrogens with zero attached hydrogens (tertiary/aromatic N) is 2. The molecule has 2 nitrogen and oxygen atoms in total. The maximum absolute atomic E-state index is 4.42. The summed E-state index contributed by atoms with van der Waals surface area (Å²) in [5.41, 5.74) is 3.29. The van der Waals surface area contributed by atoms with Gasteiger partial charge < -0.3 is 0 Å². The van der Waals surface area contributed by atoms with Gasteiger partial charge in [0.1, 0.15) is 0 Å². The van der Waals surface area contributed by atoms with Gasteiger partial charge in [-0.05, 0) is 17.7 Å². The topological polar surface area (TPSA) is 25.8 Å². The molecule has 2 heterocycles. The number of benzene rings is 1. The Morgan fingerprint density at radius 1 is 0.812 bits per heavy atom. The van der Waals surface area contributed by atoms with Crippen LogP contribution in [0.15, 0.2) is 61.1 Å². The van der Waals surface area contributed by atoms with E-state index in [1.54, 1.807) is 6.20 Å². The smallest absolute Gasteiger partial charge is 0.0733 e. The van der Waals surface area contributed by atoms with Crippen LogP contribution in [0.4, 0.5) is 0 Å². The molecule has 1 aromatic carbocycles. The average molecular weight is 206 g/mol. The van der Waals surface area contributed by atoms with Crippen molar-refractivity contribution in [2.75, 3.05) is 0 Å². The van der Waals surface area contributed by atoms with Crippen LogP contribution < -0.4 is 0 Å². The maximum atomic E-state index is 4.42. The van der Waals surface area contributed by atoms with Crippen molar-refractivity contribution in [1.29, 1.82) is 0 Å². The fourth-order valence-electron chi connectivity index (χ4n) is 1.76. The number of aromatic nitrogens is 2. The summed E-state index contributed by atoms with van der Waals surface area (Å²) in [5, 5.41) is 1.07. The summed E-state index contributed by atoms with van der Waals surface area (Å²) in [6.07, 6.45) is 5.50. The largest absolute Gasteiger partial charge is 0.264 e. The first-order valence-corrected chi connectivity index (χ1v) is 5.19. The minimum atomic E-state index is 0.981. The lowest BCUT2D eigenvalue weighted by molar-refractivity contribution is 1.32. The molecule has 3 aromatic rings. The molecule has 0 saturated carbocycles. The summed E-state index contributed by atoms with van der Waals surface area (Å²) in [4.78, 5) is 8.53. The van der Waals surface area contributed by atoms with Crippen molar-refractivity contribution in [3.8, 4) is 11.1 Å². The predicted octanol–water partition coefficient (Wildman–Crippen LogP) is 3.30. The normalized spacial score (nSPS) is 10.5. The van der Waals surface area contributed by atoms with Gasteiger partial charge in [0.05, 0.1) is 5.52 Å². The van der Waals surface area contributed by atoms with Crippen LogP contribution >= 0.6 is 0 Å². The number of hydrogen-bond donors (Lipinski definition) is 0. The van der Waals surface area contributed by atoms with E-state index >= 15 is 0 Å². The van der Waals surface area contributed by atoms with Gasteiger partial charge in [-0.2, -0.15) is 0 Å². The Balaban J connectivity index is 2.19. The van der Waals surface area contributed by atoms with Crippen LogP contribution in [0.25, 0.3) is 22.0 Å². The van der Waals surface area contributed by atoms with Crippen molar-refractivity contribution in [2.45, 2.75) is 0 Å². The molecule has 0 N–H and O–H groups in total. The second-order valence-corrected chi connectivity index (χ2v) is 3.66. The molecule has 3 rings (SSSR count). The summed E-state index contributed by atoms with van der Waals surface area (Å²) in [6, 6.07) is 14.3. The van der Waals surface area contributed by atoms with Gasteiger partial charge in [-0.3, -0.25) is 9.97 Å². The van der Waals surface area contributed by atoms with E-state index < -0.39 is 0 Å². The molecular formula is C14H10N2. The highest BCUT2D eigenvalue weighted by Crippen LogP contribution is 2.21. The fraction of sp³-hybridized carbons (Fsp3) is 0. The third kappa shape index (κ3) is 1.54. The first-order valence-electron chi connectivity index (χ1n) is 5.19. The highest BCUT2D eigenvalue weighted by molar-refractivity contribution is 5.82. The summed E-state index contributed by atoms with van der Waals surface area (Å²) >= 11 is 0. The molecule has 0 saturated heterocycles. The quantitative estimate of drug-likeness (QED) is 0.610. The number of rotatable bonds is 1. The highest BCUT2D eigenvalue weighted by Gasteiger charge is 1.99.